The lowest BCUT2D eigenvalue weighted by molar-refractivity contribution is 0.300. The lowest BCUT2D eigenvalue weighted by Crippen LogP contribution is -2.33. The third-order valence-corrected chi connectivity index (χ3v) is 5.14. The summed E-state index contributed by atoms with van der Waals surface area (Å²) in [5, 5.41) is 0. The monoisotopic (exact) mass is 308 g/mol. The molecule has 2 fully saturated rings. The molecule has 3 heteroatoms. The lowest BCUT2D eigenvalue weighted by Gasteiger charge is -2.27. The van der Waals surface area contributed by atoms with Crippen molar-refractivity contribution in [3.8, 4) is 5.75 Å². The first-order valence-electron chi connectivity index (χ1n) is 8.68. The van der Waals surface area contributed by atoms with Crippen molar-refractivity contribution >= 4 is 0 Å². The highest BCUT2D eigenvalue weighted by atomic mass is 16.5. The van der Waals surface area contributed by atoms with Crippen LogP contribution in [0.4, 0.5) is 0 Å². The first-order chi connectivity index (χ1) is 11.4. The van der Waals surface area contributed by atoms with Crippen molar-refractivity contribution in [1.29, 1.82) is 0 Å². The molecule has 3 unspecified atom stereocenters. The number of hydrogen-bond acceptors (Lipinski definition) is 3. The quantitative estimate of drug-likeness (QED) is 0.896. The molecular formula is C20H24N2O. The Morgan fingerprint density at radius 1 is 0.913 bits per heavy atom. The summed E-state index contributed by atoms with van der Waals surface area (Å²) in [6, 6.07) is 19.9. The van der Waals surface area contributed by atoms with Crippen molar-refractivity contribution in [3.05, 3.63) is 65.7 Å². The van der Waals surface area contributed by atoms with Crippen molar-refractivity contribution in [2.75, 3.05) is 0 Å². The van der Waals surface area contributed by atoms with Crippen molar-refractivity contribution in [2.45, 2.75) is 44.4 Å². The molecule has 1 saturated heterocycles. The van der Waals surface area contributed by atoms with Gasteiger partial charge in [0.25, 0.3) is 0 Å². The minimum Gasteiger partial charge on any atom is -0.489 e. The molecule has 0 amide bonds. The Hall–Kier alpha value is -1.84. The van der Waals surface area contributed by atoms with Crippen LogP contribution < -0.4 is 15.6 Å². The Bertz CT molecular complexity index is 643. The second-order valence-corrected chi connectivity index (χ2v) is 6.67. The fraction of sp³-hybridized carbons (Fsp3) is 0.400. The van der Waals surface area contributed by atoms with Gasteiger partial charge in [-0.3, -0.25) is 5.43 Å². The molecule has 1 saturated carbocycles. The Morgan fingerprint density at radius 2 is 1.78 bits per heavy atom. The van der Waals surface area contributed by atoms with Crippen LogP contribution in [-0.2, 0) is 6.61 Å². The molecule has 1 heterocycles. The van der Waals surface area contributed by atoms with Crippen LogP contribution in [0, 0.1) is 5.92 Å². The van der Waals surface area contributed by atoms with Gasteiger partial charge in [-0.15, -0.1) is 0 Å². The largest absolute Gasteiger partial charge is 0.489 e. The van der Waals surface area contributed by atoms with E-state index in [4.69, 9.17) is 4.74 Å². The second kappa shape index (κ2) is 6.73. The van der Waals surface area contributed by atoms with Crippen LogP contribution in [-0.4, -0.2) is 6.04 Å². The zero-order chi connectivity index (χ0) is 15.5. The molecule has 2 aromatic carbocycles. The van der Waals surface area contributed by atoms with Crippen LogP contribution in [0.15, 0.2) is 54.6 Å². The molecule has 0 spiro atoms. The maximum atomic E-state index is 5.98. The highest BCUT2D eigenvalue weighted by Crippen LogP contribution is 2.38. The summed E-state index contributed by atoms with van der Waals surface area (Å²) in [4.78, 5) is 0. The zero-order valence-corrected chi connectivity index (χ0v) is 13.4. The number of hydrogen-bond donors (Lipinski definition) is 2. The second-order valence-electron chi connectivity index (χ2n) is 6.67. The summed E-state index contributed by atoms with van der Waals surface area (Å²) in [6.45, 7) is 0.618. The highest BCUT2D eigenvalue weighted by Gasteiger charge is 2.37. The molecule has 1 aliphatic heterocycles. The minimum absolute atomic E-state index is 0.403. The Labute approximate surface area is 138 Å². The van der Waals surface area contributed by atoms with E-state index in [9.17, 15) is 0 Å². The Morgan fingerprint density at radius 3 is 2.70 bits per heavy atom. The molecule has 2 aliphatic rings. The van der Waals surface area contributed by atoms with Gasteiger partial charge in [0.15, 0.2) is 0 Å². The van der Waals surface area contributed by atoms with Crippen LogP contribution in [0.2, 0.25) is 0 Å². The maximum absolute atomic E-state index is 5.98. The molecule has 1 aliphatic carbocycles. The van der Waals surface area contributed by atoms with E-state index in [1.54, 1.807) is 0 Å². The third kappa shape index (κ3) is 3.26. The topological polar surface area (TPSA) is 33.3 Å². The van der Waals surface area contributed by atoms with Crippen molar-refractivity contribution in [1.82, 2.24) is 10.9 Å². The average Bonchev–Trinajstić information content (AvgIpc) is 3.05. The fourth-order valence-corrected chi connectivity index (χ4v) is 3.91. The summed E-state index contributed by atoms with van der Waals surface area (Å²) in [5.41, 5.74) is 9.53. The van der Waals surface area contributed by atoms with Crippen LogP contribution in [0.25, 0.3) is 0 Å². The van der Waals surface area contributed by atoms with Gasteiger partial charge in [0.2, 0.25) is 0 Å². The number of ether oxygens (including phenoxy) is 1. The maximum Gasteiger partial charge on any atom is 0.120 e. The van der Waals surface area contributed by atoms with E-state index >= 15 is 0 Å². The van der Waals surface area contributed by atoms with Crippen LogP contribution >= 0.6 is 0 Å². The Balaban J connectivity index is 1.46. The standard InChI is InChI=1S/C20H24N2O/c1-2-7-15(8-3-1)14-23-17-10-6-9-16(13-17)20-18-11-4-5-12-19(18)21-22-20/h1-3,6-10,13,18-22H,4-5,11-12,14H2. The molecule has 3 atom stereocenters. The molecular weight excluding hydrogens is 284 g/mol. The number of nitrogens with one attached hydrogen (secondary N) is 2. The summed E-state index contributed by atoms with van der Waals surface area (Å²) in [6.07, 6.45) is 5.30. The lowest BCUT2D eigenvalue weighted by atomic mass is 9.79. The van der Waals surface area contributed by atoms with Gasteiger partial charge in [0.05, 0.1) is 6.04 Å². The molecule has 0 radical (unpaired) electrons. The number of fused-ring (bicyclic) bond motifs is 1. The molecule has 23 heavy (non-hydrogen) atoms. The van der Waals surface area contributed by atoms with Crippen LogP contribution in [0.5, 0.6) is 5.75 Å². The number of hydrazine groups is 1. The normalized spacial score (nSPS) is 26.7. The number of benzene rings is 2. The highest BCUT2D eigenvalue weighted by molar-refractivity contribution is 5.32. The van der Waals surface area contributed by atoms with Crippen LogP contribution in [0.3, 0.4) is 0 Å². The van der Waals surface area contributed by atoms with E-state index in [1.165, 1.54) is 36.8 Å². The van der Waals surface area contributed by atoms with Crippen LogP contribution in [0.1, 0.15) is 42.9 Å². The van der Waals surface area contributed by atoms with Crippen molar-refractivity contribution in [3.63, 3.8) is 0 Å². The van der Waals surface area contributed by atoms with Gasteiger partial charge in [-0.2, -0.15) is 0 Å². The van der Waals surface area contributed by atoms with Gasteiger partial charge in [0, 0.05) is 6.04 Å². The molecule has 0 aromatic heterocycles. The van der Waals surface area contributed by atoms with E-state index in [-0.39, 0.29) is 0 Å². The molecule has 3 nitrogen and oxygen atoms in total. The van der Waals surface area contributed by atoms with Gasteiger partial charge in [-0.25, -0.2) is 5.43 Å². The van der Waals surface area contributed by atoms with E-state index < -0.39 is 0 Å². The summed E-state index contributed by atoms with van der Waals surface area (Å²) < 4.78 is 5.98. The van der Waals surface area contributed by atoms with E-state index in [2.05, 4.69) is 41.2 Å². The van der Waals surface area contributed by atoms with Crippen molar-refractivity contribution < 1.29 is 4.74 Å². The van der Waals surface area contributed by atoms with Gasteiger partial charge in [0.1, 0.15) is 12.4 Å². The minimum atomic E-state index is 0.403. The summed E-state index contributed by atoms with van der Waals surface area (Å²) in [7, 11) is 0. The van der Waals surface area contributed by atoms with Gasteiger partial charge in [-0.05, 0) is 42.0 Å². The summed E-state index contributed by atoms with van der Waals surface area (Å²) >= 11 is 0. The summed E-state index contributed by atoms with van der Waals surface area (Å²) in [5.74, 6) is 1.65. The smallest absolute Gasteiger partial charge is 0.120 e. The Kier molecular flexibility index (Phi) is 4.31. The predicted octanol–water partition coefficient (Wildman–Crippen LogP) is 3.97. The van der Waals surface area contributed by atoms with Gasteiger partial charge in [-0.1, -0.05) is 55.3 Å². The molecule has 2 aromatic rings. The first-order valence-corrected chi connectivity index (χ1v) is 8.68. The van der Waals surface area contributed by atoms with E-state index in [0.29, 0.717) is 24.6 Å². The third-order valence-electron chi connectivity index (χ3n) is 5.14. The molecule has 0 bridgehead atoms. The van der Waals surface area contributed by atoms with E-state index in [0.717, 1.165) is 5.75 Å². The fourth-order valence-electron chi connectivity index (χ4n) is 3.91. The number of rotatable bonds is 4. The SMILES string of the molecule is c1ccc(COc2cccc(C3NNC4CCCCC43)c2)cc1. The molecule has 4 rings (SSSR count). The van der Waals surface area contributed by atoms with Crippen molar-refractivity contribution in [2.24, 2.45) is 5.92 Å². The van der Waals surface area contributed by atoms with E-state index in [1.807, 2.05) is 24.3 Å². The predicted molar refractivity (Wildman–Crippen MR) is 92.0 cm³/mol. The first kappa shape index (κ1) is 14.7. The zero-order valence-electron chi connectivity index (χ0n) is 13.4. The molecule has 2 N–H and O–H groups in total. The van der Waals surface area contributed by atoms with Gasteiger partial charge < -0.3 is 4.74 Å². The molecule has 120 valence electrons. The van der Waals surface area contributed by atoms with Gasteiger partial charge >= 0.3 is 0 Å². The average molecular weight is 308 g/mol.